The van der Waals surface area contributed by atoms with Gasteiger partial charge >= 0.3 is 0 Å². The maximum atomic E-state index is 4.56. The van der Waals surface area contributed by atoms with Gasteiger partial charge in [-0.2, -0.15) is 25.3 Å². The highest BCUT2D eigenvalue weighted by atomic mass is 32.1. The molecule has 1 saturated carbocycles. The van der Waals surface area contributed by atoms with Crippen molar-refractivity contribution < 1.29 is 0 Å². The molecule has 0 spiro atoms. The van der Waals surface area contributed by atoms with Crippen LogP contribution in [0.25, 0.3) is 0 Å². The Bertz CT molecular complexity index is 243. The molecule has 2 N–H and O–H groups in total. The Labute approximate surface area is 137 Å². The van der Waals surface area contributed by atoms with Crippen LogP contribution in [0.3, 0.4) is 0 Å². The van der Waals surface area contributed by atoms with Crippen LogP contribution >= 0.6 is 25.3 Å². The Balaban J connectivity index is 2.18. The van der Waals surface area contributed by atoms with E-state index in [1.807, 2.05) is 0 Å². The van der Waals surface area contributed by atoms with Gasteiger partial charge in [-0.3, -0.25) is 0 Å². The fraction of sp³-hybridized carbons (Fsp3) is 1.00. The first-order valence-corrected chi connectivity index (χ1v) is 8.91. The number of thiol groups is 2. The molecule has 1 aliphatic carbocycles. The van der Waals surface area contributed by atoms with Gasteiger partial charge in [0.2, 0.25) is 0 Å². The maximum absolute atomic E-state index is 4.56. The van der Waals surface area contributed by atoms with E-state index in [-0.39, 0.29) is 9.49 Å². The lowest BCUT2D eigenvalue weighted by Crippen LogP contribution is -2.38. The minimum Gasteiger partial charge on any atom is -0.315 e. The number of hydrogen-bond acceptors (Lipinski definition) is 4. The molecule has 0 saturated heterocycles. The smallest absolute Gasteiger partial charge is 0.0198 e. The zero-order valence-corrected chi connectivity index (χ0v) is 15.5. The largest absolute Gasteiger partial charge is 0.315 e. The Morgan fingerprint density at radius 2 is 1.25 bits per heavy atom. The minimum atomic E-state index is 0.0910. The van der Waals surface area contributed by atoms with E-state index < -0.39 is 0 Å². The number of nitrogens with one attached hydrogen (secondary N) is 2. The van der Waals surface area contributed by atoms with Crippen LogP contribution in [-0.4, -0.2) is 35.7 Å². The zero-order valence-electron chi connectivity index (χ0n) is 13.7. The lowest BCUT2D eigenvalue weighted by Gasteiger charge is -2.31. The van der Waals surface area contributed by atoms with Crippen LogP contribution in [-0.2, 0) is 0 Å². The highest BCUT2D eigenvalue weighted by Crippen LogP contribution is 2.28. The van der Waals surface area contributed by atoms with Gasteiger partial charge in [0.05, 0.1) is 0 Å². The third-order valence-electron chi connectivity index (χ3n) is 3.87. The molecule has 4 heteroatoms. The molecule has 1 fully saturated rings. The normalized spacial score (nSPS) is 24.9. The summed E-state index contributed by atoms with van der Waals surface area (Å²) in [6.07, 6.45) is 5.51. The Morgan fingerprint density at radius 1 is 0.850 bits per heavy atom. The van der Waals surface area contributed by atoms with Gasteiger partial charge in [0.1, 0.15) is 0 Å². The fourth-order valence-electron chi connectivity index (χ4n) is 2.94. The summed E-state index contributed by atoms with van der Waals surface area (Å²) in [4.78, 5) is 0. The molecule has 0 heterocycles. The monoisotopic (exact) mass is 318 g/mol. The number of rotatable bonds is 8. The molecule has 2 atom stereocenters. The topological polar surface area (TPSA) is 24.1 Å². The molecule has 0 radical (unpaired) electrons. The molecule has 0 amide bonds. The van der Waals surface area contributed by atoms with Crippen molar-refractivity contribution >= 4 is 25.3 Å². The van der Waals surface area contributed by atoms with Crippen molar-refractivity contribution in [3.63, 3.8) is 0 Å². The van der Waals surface area contributed by atoms with Gasteiger partial charge in [0, 0.05) is 22.6 Å². The minimum absolute atomic E-state index is 0.0910. The molecule has 2 nitrogen and oxygen atoms in total. The quantitative estimate of drug-likeness (QED) is 0.516. The highest BCUT2D eigenvalue weighted by molar-refractivity contribution is 7.82. The van der Waals surface area contributed by atoms with Crippen molar-refractivity contribution in [1.29, 1.82) is 0 Å². The van der Waals surface area contributed by atoms with E-state index in [0.717, 1.165) is 38.0 Å². The molecule has 1 rings (SSSR count). The van der Waals surface area contributed by atoms with Gasteiger partial charge in [-0.05, 0) is 71.9 Å². The third-order valence-corrected chi connectivity index (χ3v) is 4.19. The summed E-state index contributed by atoms with van der Waals surface area (Å²) in [6, 6.07) is 0. The fourth-order valence-corrected chi connectivity index (χ4v) is 3.16. The summed E-state index contributed by atoms with van der Waals surface area (Å²) in [5.74, 6) is 1.69. The molecule has 0 bridgehead atoms. The molecule has 120 valence electrons. The maximum Gasteiger partial charge on any atom is 0.0198 e. The summed E-state index contributed by atoms with van der Waals surface area (Å²) in [5, 5.41) is 7.17. The van der Waals surface area contributed by atoms with E-state index in [1.165, 1.54) is 25.7 Å². The third kappa shape index (κ3) is 9.54. The van der Waals surface area contributed by atoms with Crippen molar-refractivity contribution in [3.05, 3.63) is 0 Å². The summed E-state index contributed by atoms with van der Waals surface area (Å²) >= 11 is 9.13. The molecule has 0 aromatic heterocycles. The summed E-state index contributed by atoms with van der Waals surface area (Å²) in [6.45, 7) is 12.9. The van der Waals surface area contributed by atoms with Gasteiger partial charge in [-0.15, -0.1) is 0 Å². The van der Waals surface area contributed by atoms with Crippen LogP contribution in [0, 0.1) is 11.8 Å². The van der Waals surface area contributed by atoms with Gasteiger partial charge in [-0.25, -0.2) is 0 Å². The molecule has 20 heavy (non-hydrogen) atoms. The second-order valence-corrected chi connectivity index (χ2v) is 10.2. The first-order valence-electron chi connectivity index (χ1n) is 8.02. The van der Waals surface area contributed by atoms with Crippen molar-refractivity contribution in [2.24, 2.45) is 11.8 Å². The molecule has 2 unspecified atom stereocenters. The van der Waals surface area contributed by atoms with Gasteiger partial charge < -0.3 is 10.6 Å². The summed E-state index contributed by atoms with van der Waals surface area (Å²) in [5.41, 5.74) is 0. The van der Waals surface area contributed by atoms with Crippen LogP contribution in [0.1, 0.15) is 53.4 Å². The Hall–Kier alpha value is 0.620. The van der Waals surface area contributed by atoms with E-state index >= 15 is 0 Å². The first kappa shape index (κ1) is 18.7. The lowest BCUT2D eigenvalue weighted by atomic mass is 9.81. The van der Waals surface area contributed by atoms with E-state index in [4.69, 9.17) is 0 Å². The Morgan fingerprint density at radius 3 is 1.60 bits per heavy atom. The molecule has 0 aliphatic heterocycles. The van der Waals surface area contributed by atoms with Gasteiger partial charge in [-0.1, -0.05) is 6.42 Å². The molecule has 0 aromatic rings. The predicted octanol–water partition coefficient (Wildman–Crippen LogP) is 3.39. The van der Waals surface area contributed by atoms with Crippen LogP contribution in [0.2, 0.25) is 0 Å². The summed E-state index contributed by atoms with van der Waals surface area (Å²) in [7, 11) is 0. The molecular formula is C16H34N2S2. The molecular weight excluding hydrogens is 284 g/mol. The van der Waals surface area contributed by atoms with Crippen molar-refractivity contribution in [2.75, 3.05) is 26.2 Å². The first-order chi connectivity index (χ1) is 9.16. The lowest BCUT2D eigenvalue weighted by molar-refractivity contribution is 0.251. The van der Waals surface area contributed by atoms with Crippen LogP contribution in [0.5, 0.6) is 0 Å². The van der Waals surface area contributed by atoms with Crippen LogP contribution in [0.4, 0.5) is 0 Å². The molecule has 1 aliphatic rings. The van der Waals surface area contributed by atoms with E-state index in [2.05, 4.69) is 63.6 Å². The Kier molecular flexibility index (Phi) is 7.75. The van der Waals surface area contributed by atoms with Crippen molar-refractivity contribution in [3.8, 4) is 0 Å². The second-order valence-electron chi connectivity index (χ2n) is 7.79. The van der Waals surface area contributed by atoms with Gasteiger partial charge in [0.15, 0.2) is 0 Å². The SMILES string of the molecule is CC(C)(S)CNCC1CCCC(CNCC(C)(C)S)C1. The average molecular weight is 319 g/mol. The number of hydrogen-bond donors (Lipinski definition) is 4. The van der Waals surface area contributed by atoms with E-state index in [9.17, 15) is 0 Å². The van der Waals surface area contributed by atoms with Crippen molar-refractivity contribution in [2.45, 2.75) is 62.9 Å². The van der Waals surface area contributed by atoms with Crippen LogP contribution < -0.4 is 10.6 Å². The molecule has 0 aromatic carbocycles. The zero-order chi connectivity index (χ0) is 15.2. The summed E-state index contributed by atoms with van der Waals surface area (Å²) < 4.78 is 0.182. The highest BCUT2D eigenvalue weighted by Gasteiger charge is 2.22. The van der Waals surface area contributed by atoms with Crippen LogP contribution in [0.15, 0.2) is 0 Å². The van der Waals surface area contributed by atoms with Crippen molar-refractivity contribution in [1.82, 2.24) is 10.6 Å². The predicted molar refractivity (Wildman–Crippen MR) is 97.3 cm³/mol. The standard InChI is InChI=1S/C16H34N2S2/c1-15(2,19)11-17-9-13-6-5-7-14(8-13)10-18-12-16(3,4)20/h13-14,17-20H,5-12H2,1-4H3. The van der Waals surface area contributed by atoms with E-state index in [1.54, 1.807) is 0 Å². The second kappa shape index (κ2) is 8.30. The van der Waals surface area contributed by atoms with E-state index in [0.29, 0.717) is 0 Å². The van der Waals surface area contributed by atoms with Gasteiger partial charge in [0.25, 0.3) is 0 Å². The average Bonchev–Trinajstić information content (AvgIpc) is 2.26.